The van der Waals surface area contributed by atoms with Crippen LogP contribution in [0.25, 0.3) is 0 Å². The highest BCUT2D eigenvalue weighted by Gasteiger charge is 2.26. The van der Waals surface area contributed by atoms with Crippen LogP contribution in [0.15, 0.2) is 53.5 Å². The number of methoxy groups -OCH3 is 1. The topological polar surface area (TPSA) is 34.1 Å². The quantitative estimate of drug-likeness (QED) is 0.275. The fourth-order valence-electron chi connectivity index (χ4n) is 3.15. The predicted molar refractivity (Wildman–Crippen MR) is 123 cm³/mol. The van der Waals surface area contributed by atoms with Gasteiger partial charge in [0, 0.05) is 27.1 Å². The Labute approximate surface area is 175 Å². The zero-order valence-corrected chi connectivity index (χ0v) is 18.9. The van der Waals surface area contributed by atoms with E-state index in [0.29, 0.717) is 0 Å². The molecule has 0 N–H and O–H groups in total. The lowest BCUT2D eigenvalue weighted by Crippen LogP contribution is -2.24. The standard InChI is InChI=1S/C25H34N2O2/c1-9-27(7)17-26-23-13-20(5)24(14-19(23)4)29-22-12-10-11-21(15-22)25(6,28-8)16-18(2)3/h10-15,17H,2,9,16H2,1,3-8H3/b26-17+. The third-order valence-electron chi connectivity index (χ3n) is 5.15. The Kier molecular flexibility index (Phi) is 7.63. The van der Waals surface area contributed by atoms with Gasteiger partial charge in [-0.3, -0.25) is 0 Å². The lowest BCUT2D eigenvalue weighted by Gasteiger charge is -2.29. The van der Waals surface area contributed by atoms with Crippen LogP contribution >= 0.6 is 0 Å². The lowest BCUT2D eigenvalue weighted by molar-refractivity contribution is 0.00226. The molecule has 0 aliphatic carbocycles. The maximum atomic E-state index is 6.24. The van der Waals surface area contributed by atoms with Gasteiger partial charge in [0.25, 0.3) is 0 Å². The minimum absolute atomic E-state index is 0.431. The van der Waals surface area contributed by atoms with Crippen LogP contribution in [0, 0.1) is 13.8 Å². The summed E-state index contributed by atoms with van der Waals surface area (Å²) in [6.07, 6.45) is 2.61. The molecule has 29 heavy (non-hydrogen) atoms. The average molecular weight is 395 g/mol. The van der Waals surface area contributed by atoms with Crippen molar-refractivity contribution in [1.29, 1.82) is 0 Å². The van der Waals surface area contributed by atoms with Gasteiger partial charge < -0.3 is 14.4 Å². The number of ether oxygens (including phenoxy) is 2. The van der Waals surface area contributed by atoms with Gasteiger partial charge in [0.15, 0.2) is 0 Å². The number of hydrogen-bond acceptors (Lipinski definition) is 3. The molecular formula is C25H34N2O2. The highest BCUT2D eigenvalue weighted by molar-refractivity contribution is 5.64. The van der Waals surface area contributed by atoms with Gasteiger partial charge in [-0.25, -0.2) is 4.99 Å². The number of aliphatic imine (C=N–C) groups is 1. The maximum Gasteiger partial charge on any atom is 0.130 e. The largest absolute Gasteiger partial charge is 0.457 e. The summed E-state index contributed by atoms with van der Waals surface area (Å²) >= 11 is 0. The van der Waals surface area contributed by atoms with Crippen LogP contribution in [0.2, 0.25) is 0 Å². The Morgan fingerprint density at radius 2 is 1.93 bits per heavy atom. The van der Waals surface area contributed by atoms with E-state index in [-0.39, 0.29) is 0 Å². The molecule has 0 radical (unpaired) electrons. The molecule has 0 fully saturated rings. The van der Waals surface area contributed by atoms with E-state index in [1.54, 1.807) is 7.11 Å². The molecule has 2 aromatic carbocycles. The average Bonchev–Trinajstić information content (AvgIpc) is 2.68. The van der Waals surface area contributed by atoms with Crippen molar-refractivity contribution in [2.24, 2.45) is 4.99 Å². The fourth-order valence-corrected chi connectivity index (χ4v) is 3.15. The van der Waals surface area contributed by atoms with E-state index in [1.165, 1.54) is 0 Å². The van der Waals surface area contributed by atoms with Crippen molar-refractivity contribution < 1.29 is 9.47 Å². The first-order chi connectivity index (χ1) is 13.7. The number of benzene rings is 2. The highest BCUT2D eigenvalue weighted by atomic mass is 16.5. The van der Waals surface area contributed by atoms with E-state index in [0.717, 1.165) is 52.4 Å². The van der Waals surface area contributed by atoms with Crippen LogP contribution < -0.4 is 4.74 Å². The summed E-state index contributed by atoms with van der Waals surface area (Å²) < 4.78 is 12.1. The van der Waals surface area contributed by atoms with Crippen LogP contribution in [0.1, 0.15) is 43.9 Å². The van der Waals surface area contributed by atoms with Gasteiger partial charge in [0.05, 0.1) is 17.6 Å². The molecule has 0 bridgehead atoms. The van der Waals surface area contributed by atoms with Gasteiger partial charge in [-0.2, -0.15) is 0 Å². The normalized spacial score (nSPS) is 13.3. The van der Waals surface area contributed by atoms with Crippen molar-refractivity contribution in [3.8, 4) is 11.5 Å². The summed E-state index contributed by atoms with van der Waals surface area (Å²) in [5, 5.41) is 0. The summed E-state index contributed by atoms with van der Waals surface area (Å²) in [7, 11) is 3.75. The summed E-state index contributed by atoms with van der Waals surface area (Å²) in [6, 6.07) is 12.2. The first-order valence-corrected chi connectivity index (χ1v) is 10.0. The molecule has 0 spiro atoms. The highest BCUT2D eigenvalue weighted by Crippen LogP contribution is 2.36. The molecule has 0 heterocycles. The molecule has 1 atom stereocenters. The summed E-state index contributed by atoms with van der Waals surface area (Å²) in [4.78, 5) is 6.64. The molecule has 2 aromatic rings. The van der Waals surface area contributed by atoms with Crippen LogP contribution in [0.4, 0.5) is 5.69 Å². The maximum absolute atomic E-state index is 6.24. The second-order valence-corrected chi connectivity index (χ2v) is 7.92. The van der Waals surface area contributed by atoms with Crippen LogP contribution in [-0.4, -0.2) is 31.9 Å². The number of hydrogen-bond donors (Lipinski definition) is 0. The van der Waals surface area contributed by atoms with Crippen molar-refractivity contribution in [3.05, 3.63) is 65.2 Å². The number of nitrogens with zero attached hydrogens (tertiary/aromatic N) is 2. The summed E-state index contributed by atoms with van der Waals surface area (Å²) in [5.74, 6) is 1.62. The van der Waals surface area contributed by atoms with Crippen molar-refractivity contribution >= 4 is 12.0 Å². The van der Waals surface area contributed by atoms with Gasteiger partial charge in [-0.1, -0.05) is 17.7 Å². The molecule has 0 aromatic heterocycles. The van der Waals surface area contributed by atoms with Gasteiger partial charge in [0.2, 0.25) is 0 Å². The first-order valence-electron chi connectivity index (χ1n) is 10.0. The van der Waals surface area contributed by atoms with E-state index >= 15 is 0 Å². The van der Waals surface area contributed by atoms with Crippen LogP contribution in [-0.2, 0) is 10.3 Å². The molecule has 156 valence electrons. The third-order valence-corrected chi connectivity index (χ3v) is 5.15. The molecule has 2 rings (SSSR count). The third kappa shape index (κ3) is 5.94. The van der Waals surface area contributed by atoms with E-state index in [4.69, 9.17) is 9.47 Å². The minimum Gasteiger partial charge on any atom is -0.457 e. The van der Waals surface area contributed by atoms with Crippen LogP contribution in [0.5, 0.6) is 11.5 Å². The molecular weight excluding hydrogens is 360 g/mol. The van der Waals surface area contributed by atoms with E-state index < -0.39 is 5.60 Å². The van der Waals surface area contributed by atoms with Crippen molar-refractivity contribution in [3.63, 3.8) is 0 Å². The molecule has 0 saturated heterocycles. The Morgan fingerprint density at radius 3 is 2.55 bits per heavy atom. The van der Waals surface area contributed by atoms with E-state index in [2.05, 4.69) is 44.5 Å². The molecule has 0 saturated carbocycles. The van der Waals surface area contributed by atoms with Crippen molar-refractivity contribution in [2.45, 2.75) is 46.6 Å². The molecule has 0 aliphatic heterocycles. The number of rotatable bonds is 9. The van der Waals surface area contributed by atoms with E-state index in [1.807, 2.05) is 56.4 Å². The van der Waals surface area contributed by atoms with E-state index in [9.17, 15) is 0 Å². The Morgan fingerprint density at radius 1 is 1.21 bits per heavy atom. The lowest BCUT2D eigenvalue weighted by atomic mass is 9.89. The van der Waals surface area contributed by atoms with Gasteiger partial charge in [-0.15, -0.1) is 6.58 Å². The monoisotopic (exact) mass is 394 g/mol. The van der Waals surface area contributed by atoms with Gasteiger partial charge in [-0.05, 0) is 75.6 Å². The molecule has 0 amide bonds. The molecule has 4 nitrogen and oxygen atoms in total. The first kappa shape index (κ1) is 22.7. The second kappa shape index (κ2) is 9.75. The van der Waals surface area contributed by atoms with Crippen molar-refractivity contribution in [2.75, 3.05) is 20.7 Å². The molecule has 4 heteroatoms. The molecule has 0 aliphatic rings. The molecule has 1 unspecified atom stereocenters. The summed E-state index contributed by atoms with van der Waals surface area (Å²) in [6.45, 7) is 15.3. The zero-order chi connectivity index (χ0) is 21.6. The summed E-state index contributed by atoms with van der Waals surface area (Å²) in [5.41, 5.74) is 4.79. The van der Waals surface area contributed by atoms with Crippen LogP contribution in [0.3, 0.4) is 0 Å². The minimum atomic E-state index is -0.431. The smallest absolute Gasteiger partial charge is 0.130 e. The Bertz CT molecular complexity index is 888. The number of aryl methyl sites for hydroxylation is 2. The van der Waals surface area contributed by atoms with Crippen molar-refractivity contribution in [1.82, 2.24) is 4.90 Å². The fraction of sp³-hybridized carbons (Fsp3) is 0.400. The SMILES string of the molecule is C=C(C)CC(C)(OC)c1cccc(Oc2cc(C)c(/N=C/N(C)CC)cc2C)c1. The Balaban J connectivity index is 2.29. The zero-order valence-electron chi connectivity index (χ0n) is 18.9. The Hall–Kier alpha value is -2.59. The van der Waals surface area contributed by atoms with Gasteiger partial charge in [0.1, 0.15) is 11.5 Å². The predicted octanol–water partition coefficient (Wildman–Crippen LogP) is 6.54. The second-order valence-electron chi connectivity index (χ2n) is 7.92. The van der Waals surface area contributed by atoms with Gasteiger partial charge >= 0.3 is 0 Å².